The number of aryl methyl sites for hydroxylation is 1. The molecule has 0 aliphatic heterocycles. The van der Waals surface area contributed by atoms with E-state index in [1.165, 1.54) is 36.5 Å². The van der Waals surface area contributed by atoms with E-state index < -0.39 is 0 Å². The average molecular weight is 470 g/mol. The van der Waals surface area contributed by atoms with Crippen LogP contribution in [0.3, 0.4) is 0 Å². The highest BCUT2D eigenvalue weighted by molar-refractivity contribution is 5.87. The first kappa shape index (κ1) is 24.9. The molecule has 0 radical (unpaired) electrons. The van der Waals surface area contributed by atoms with Crippen molar-refractivity contribution in [1.82, 2.24) is 5.32 Å². The molecule has 0 heterocycles. The lowest BCUT2D eigenvalue weighted by Crippen LogP contribution is -2.36. The second-order valence-corrected chi connectivity index (χ2v) is 9.73. The van der Waals surface area contributed by atoms with E-state index in [0.29, 0.717) is 11.5 Å². The van der Waals surface area contributed by atoms with Crippen LogP contribution in [0.25, 0.3) is 22.3 Å². The van der Waals surface area contributed by atoms with Gasteiger partial charge in [0.25, 0.3) is 0 Å². The van der Waals surface area contributed by atoms with Crippen LogP contribution < -0.4 is 5.32 Å². The third kappa shape index (κ3) is 6.48. The standard InChI is InChI=1S/C32H36FNO/c1-3-5-6-7-23-8-10-26(11-9-23)28-18-21-30(31(33)22-28)27-14-12-24(13-15-27)25-16-19-29(20-17-25)34-32(35)4-2/h4,8-15,18,21-22,25,29H,2-3,5-7,16-17,19-20H2,1H3,(H,34,35). The van der Waals surface area contributed by atoms with Crippen molar-refractivity contribution >= 4 is 5.91 Å². The van der Waals surface area contributed by atoms with Gasteiger partial charge >= 0.3 is 0 Å². The number of carbonyl (C=O) groups is 1. The van der Waals surface area contributed by atoms with Crippen molar-refractivity contribution < 1.29 is 9.18 Å². The first-order valence-corrected chi connectivity index (χ1v) is 13.0. The fourth-order valence-electron chi connectivity index (χ4n) is 5.14. The number of benzene rings is 3. The van der Waals surface area contributed by atoms with Crippen LogP contribution in [0.2, 0.25) is 0 Å². The van der Waals surface area contributed by atoms with Gasteiger partial charge in [0.15, 0.2) is 0 Å². The number of nitrogens with one attached hydrogen (secondary N) is 1. The van der Waals surface area contributed by atoms with Gasteiger partial charge in [-0.2, -0.15) is 0 Å². The lowest BCUT2D eigenvalue weighted by atomic mass is 9.81. The van der Waals surface area contributed by atoms with Crippen LogP contribution in [0.15, 0.2) is 79.4 Å². The van der Waals surface area contributed by atoms with Gasteiger partial charge in [0.05, 0.1) is 0 Å². The summed E-state index contributed by atoms with van der Waals surface area (Å²) >= 11 is 0. The molecule has 182 valence electrons. The Balaban J connectivity index is 1.39. The summed E-state index contributed by atoms with van der Waals surface area (Å²) in [5.41, 5.74) is 6.12. The number of unbranched alkanes of at least 4 members (excludes halogenated alkanes) is 2. The third-order valence-electron chi connectivity index (χ3n) is 7.28. The van der Waals surface area contributed by atoms with Gasteiger partial charge < -0.3 is 5.32 Å². The van der Waals surface area contributed by atoms with Crippen LogP contribution in [0.1, 0.15) is 68.9 Å². The van der Waals surface area contributed by atoms with Crippen molar-refractivity contribution in [3.8, 4) is 22.3 Å². The van der Waals surface area contributed by atoms with Gasteiger partial charge in [0.2, 0.25) is 5.91 Å². The van der Waals surface area contributed by atoms with Crippen molar-refractivity contribution in [3.63, 3.8) is 0 Å². The molecule has 0 atom stereocenters. The number of amides is 1. The molecule has 3 aromatic rings. The monoisotopic (exact) mass is 469 g/mol. The maximum Gasteiger partial charge on any atom is 0.243 e. The molecular formula is C32H36FNO. The molecule has 1 saturated carbocycles. The predicted molar refractivity (Wildman–Crippen MR) is 144 cm³/mol. The summed E-state index contributed by atoms with van der Waals surface area (Å²) in [5.74, 6) is 0.198. The van der Waals surface area contributed by atoms with Gasteiger partial charge in [-0.15, -0.1) is 0 Å². The molecule has 1 fully saturated rings. The molecule has 1 N–H and O–H groups in total. The number of rotatable bonds is 9. The SMILES string of the molecule is C=CC(=O)NC1CCC(c2ccc(-c3ccc(-c4ccc(CCCCC)cc4)cc3F)cc2)CC1. The van der Waals surface area contributed by atoms with Crippen molar-refractivity contribution in [3.05, 3.63) is 96.3 Å². The maximum absolute atomic E-state index is 15.1. The number of hydrogen-bond donors (Lipinski definition) is 1. The lowest BCUT2D eigenvalue weighted by Gasteiger charge is -2.29. The van der Waals surface area contributed by atoms with Gasteiger partial charge in [0.1, 0.15) is 5.82 Å². The van der Waals surface area contributed by atoms with Gasteiger partial charge in [-0.05, 0) is 84.4 Å². The minimum absolute atomic E-state index is 0.0923. The molecule has 2 nitrogen and oxygen atoms in total. The molecule has 1 aliphatic carbocycles. The lowest BCUT2D eigenvalue weighted by molar-refractivity contribution is -0.117. The molecule has 3 heteroatoms. The molecule has 0 spiro atoms. The highest BCUT2D eigenvalue weighted by Gasteiger charge is 2.23. The van der Waals surface area contributed by atoms with E-state index in [2.05, 4.69) is 55.2 Å². The zero-order valence-corrected chi connectivity index (χ0v) is 20.7. The normalized spacial score (nSPS) is 17.7. The van der Waals surface area contributed by atoms with Crippen molar-refractivity contribution in [1.29, 1.82) is 0 Å². The second-order valence-electron chi connectivity index (χ2n) is 9.73. The second kappa shape index (κ2) is 12.0. The Kier molecular flexibility index (Phi) is 8.52. The van der Waals surface area contributed by atoms with E-state index in [4.69, 9.17) is 0 Å². The summed E-state index contributed by atoms with van der Waals surface area (Å²) in [6.07, 6.45) is 10.2. The van der Waals surface area contributed by atoms with E-state index in [9.17, 15) is 4.79 Å². The van der Waals surface area contributed by atoms with E-state index in [0.717, 1.165) is 48.8 Å². The summed E-state index contributed by atoms with van der Waals surface area (Å²) in [4.78, 5) is 11.5. The van der Waals surface area contributed by atoms with E-state index in [1.807, 2.05) is 24.3 Å². The summed E-state index contributed by atoms with van der Waals surface area (Å²) in [6.45, 7) is 5.74. The third-order valence-corrected chi connectivity index (χ3v) is 7.28. The van der Waals surface area contributed by atoms with Crippen molar-refractivity contribution in [2.45, 2.75) is 70.3 Å². The fourth-order valence-corrected chi connectivity index (χ4v) is 5.14. The predicted octanol–water partition coefficient (Wildman–Crippen LogP) is 8.22. The van der Waals surface area contributed by atoms with E-state index in [1.54, 1.807) is 6.07 Å². The smallest absolute Gasteiger partial charge is 0.243 e. The molecule has 35 heavy (non-hydrogen) atoms. The Morgan fingerprint density at radius 3 is 2.20 bits per heavy atom. The summed E-state index contributed by atoms with van der Waals surface area (Å²) in [7, 11) is 0. The molecule has 1 aliphatic rings. The molecule has 4 rings (SSSR count). The van der Waals surface area contributed by atoms with Crippen LogP contribution in [0, 0.1) is 5.82 Å². The number of halogens is 1. The first-order valence-electron chi connectivity index (χ1n) is 13.0. The summed E-state index contributed by atoms with van der Waals surface area (Å²) < 4.78 is 15.1. The van der Waals surface area contributed by atoms with Crippen LogP contribution in [-0.2, 0) is 11.2 Å². The van der Waals surface area contributed by atoms with Gasteiger partial charge in [-0.3, -0.25) is 4.79 Å². The zero-order valence-electron chi connectivity index (χ0n) is 20.7. The topological polar surface area (TPSA) is 29.1 Å². The largest absolute Gasteiger partial charge is 0.350 e. The Labute approximate surface area is 209 Å². The summed E-state index contributed by atoms with van der Waals surface area (Å²) in [6, 6.07) is 22.6. The van der Waals surface area contributed by atoms with Gasteiger partial charge in [-0.1, -0.05) is 87.0 Å². The molecular weight excluding hydrogens is 433 g/mol. The van der Waals surface area contributed by atoms with Crippen LogP contribution >= 0.6 is 0 Å². The molecule has 1 amide bonds. The maximum atomic E-state index is 15.1. The Bertz CT molecular complexity index is 1130. The van der Waals surface area contributed by atoms with Gasteiger partial charge in [0, 0.05) is 11.6 Å². The van der Waals surface area contributed by atoms with Crippen molar-refractivity contribution in [2.24, 2.45) is 0 Å². The highest BCUT2D eigenvalue weighted by atomic mass is 19.1. The summed E-state index contributed by atoms with van der Waals surface area (Å²) in [5, 5.41) is 3.01. The van der Waals surface area contributed by atoms with Crippen LogP contribution in [0.5, 0.6) is 0 Å². The fraction of sp³-hybridized carbons (Fsp3) is 0.344. The molecule has 0 saturated heterocycles. The molecule has 0 unspecified atom stereocenters. The van der Waals surface area contributed by atoms with Crippen molar-refractivity contribution in [2.75, 3.05) is 0 Å². The van der Waals surface area contributed by atoms with E-state index in [-0.39, 0.29) is 17.8 Å². The Morgan fingerprint density at radius 2 is 1.57 bits per heavy atom. The molecule has 0 bridgehead atoms. The quantitative estimate of drug-likeness (QED) is 0.248. The van der Waals surface area contributed by atoms with Gasteiger partial charge in [-0.25, -0.2) is 4.39 Å². The number of carbonyl (C=O) groups excluding carboxylic acids is 1. The number of hydrogen-bond acceptors (Lipinski definition) is 1. The average Bonchev–Trinajstić information content (AvgIpc) is 2.90. The van der Waals surface area contributed by atoms with Crippen LogP contribution in [-0.4, -0.2) is 11.9 Å². The van der Waals surface area contributed by atoms with E-state index >= 15 is 4.39 Å². The minimum Gasteiger partial charge on any atom is -0.350 e. The Hall–Kier alpha value is -3.20. The molecule has 3 aromatic carbocycles. The zero-order chi connectivity index (χ0) is 24.6. The molecule has 0 aromatic heterocycles. The highest BCUT2D eigenvalue weighted by Crippen LogP contribution is 2.35. The first-order chi connectivity index (χ1) is 17.1. The van der Waals surface area contributed by atoms with Crippen LogP contribution in [0.4, 0.5) is 4.39 Å². The minimum atomic E-state index is -0.194. The Morgan fingerprint density at radius 1 is 0.914 bits per heavy atom.